The van der Waals surface area contributed by atoms with Crippen molar-refractivity contribution in [3.8, 4) is 0 Å². The van der Waals surface area contributed by atoms with Crippen LogP contribution in [0.25, 0.3) is 0 Å². The number of benzene rings is 1. The SMILES string of the molecule is CCC[Si](C)(c1cc(C)cc([Si](C)(C)C)c1)C1(C)[C]=C(C)C(C)=C1C. The highest BCUT2D eigenvalue weighted by Gasteiger charge is 2.50. The summed E-state index contributed by atoms with van der Waals surface area (Å²) in [6.45, 7) is 24.0. The molecule has 2 heteroatoms. The molecule has 1 aromatic rings. The van der Waals surface area contributed by atoms with Crippen LogP contribution in [0.4, 0.5) is 0 Å². The molecule has 137 valence electrons. The van der Waals surface area contributed by atoms with Crippen LogP contribution in [0.3, 0.4) is 0 Å². The monoisotopic (exact) mass is 369 g/mol. The van der Waals surface area contributed by atoms with Crippen LogP contribution in [0.2, 0.25) is 37.3 Å². The average molecular weight is 370 g/mol. The van der Waals surface area contributed by atoms with Crippen molar-refractivity contribution in [1.82, 2.24) is 0 Å². The fourth-order valence-corrected chi connectivity index (χ4v) is 10.7. The summed E-state index contributed by atoms with van der Waals surface area (Å²) in [5.41, 5.74) is 5.83. The van der Waals surface area contributed by atoms with Crippen molar-refractivity contribution in [3.05, 3.63) is 46.6 Å². The fraction of sp³-hybridized carbons (Fsp3) is 0.565. The Morgan fingerprint density at radius 2 is 1.48 bits per heavy atom. The van der Waals surface area contributed by atoms with E-state index in [2.05, 4.69) is 92.0 Å². The highest BCUT2D eigenvalue weighted by Crippen LogP contribution is 2.53. The smallest absolute Gasteiger partial charge is 0.0656 e. The van der Waals surface area contributed by atoms with E-state index in [0.29, 0.717) is 0 Å². The van der Waals surface area contributed by atoms with Gasteiger partial charge in [-0.1, -0.05) is 92.2 Å². The lowest BCUT2D eigenvalue weighted by Gasteiger charge is -2.44. The van der Waals surface area contributed by atoms with Gasteiger partial charge in [-0.15, -0.1) is 0 Å². The zero-order valence-electron chi connectivity index (χ0n) is 18.1. The quantitative estimate of drug-likeness (QED) is 0.550. The van der Waals surface area contributed by atoms with Gasteiger partial charge in [0.2, 0.25) is 0 Å². The standard InChI is InChI=1S/C23H37Si2/c1-11-12-25(10,23(6)16-18(3)19(4)20(23)5)22-14-17(2)13-21(15-22)24(7,8)9/h13-15H,11-12H2,1-10H3. The van der Waals surface area contributed by atoms with Crippen LogP contribution in [0.15, 0.2) is 34.9 Å². The van der Waals surface area contributed by atoms with Gasteiger partial charge < -0.3 is 0 Å². The van der Waals surface area contributed by atoms with E-state index in [1.165, 1.54) is 29.2 Å². The van der Waals surface area contributed by atoms with Crippen molar-refractivity contribution in [1.29, 1.82) is 0 Å². The van der Waals surface area contributed by atoms with Crippen molar-refractivity contribution >= 4 is 26.5 Å². The molecule has 0 fully saturated rings. The molecule has 0 nitrogen and oxygen atoms in total. The molecule has 2 atom stereocenters. The molecule has 0 saturated carbocycles. The maximum atomic E-state index is 3.95. The van der Waals surface area contributed by atoms with Crippen molar-refractivity contribution in [2.75, 3.05) is 0 Å². The summed E-state index contributed by atoms with van der Waals surface area (Å²) in [6, 6.07) is 8.84. The predicted octanol–water partition coefficient (Wildman–Crippen LogP) is 6.10. The Kier molecular flexibility index (Phi) is 5.48. The Balaban J connectivity index is 2.73. The first-order valence-corrected chi connectivity index (χ1v) is 16.0. The first-order valence-electron chi connectivity index (χ1n) is 9.79. The van der Waals surface area contributed by atoms with Crippen LogP contribution < -0.4 is 10.4 Å². The van der Waals surface area contributed by atoms with Gasteiger partial charge in [-0.2, -0.15) is 0 Å². The molecule has 0 aliphatic heterocycles. The minimum atomic E-state index is -1.77. The van der Waals surface area contributed by atoms with Crippen LogP contribution in [0, 0.1) is 13.0 Å². The van der Waals surface area contributed by atoms with Gasteiger partial charge in [-0.25, -0.2) is 0 Å². The van der Waals surface area contributed by atoms with E-state index in [1.54, 1.807) is 15.9 Å². The second kappa shape index (κ2) is 6.70. The minimum Gasteiger partial charge on any atom is -0.0656 e. The first kappa shape index (κ1) is 20.4. The maximum absolute atomic E-state index is 3.95. The van der Waals surface area contributed by atoms with Gasteiger partial charge in [-0.3, -0.25) is 0 Å². The summed E-state index contributed by atoms with van der Waals surface area (Å²) in [6.07, 6.45) is 5.20. The maximum Gasteiger partial charge on any atom is 0.0984 e. The highest BCUT2D eigenvalue weighted by atomic mass is 28.3. The predicted molar refractivity (Wildman–Crippen MR) is 120 cm³/mol. The number of hydrogen-bond donors (Lipinski definition) is 0. The minimum absolute atomic E-state index is 0.113. The molecule has 1 aliphatic rings. The lowest BCUT2D eigenvalue weighted by molar-refractivity contribution is 0.814. The van der Waals surface area contributed by atoms with E-state index in [0.717, 1.165) is 0 Å². The molecule has 0 aromatic heterocycles. The Labute approximate surface area is 158 Å². The summed E-state index contributed by atoms with van der Waals surface area (Å²) in [5.74, 6) is 0. The Morgan fingerprint density at radius 3 is 1.92 bits per heavy atom. The lowest BCUT2D eigenvalue weighted by atomic mass is 10.0. The third-order valence-electron chi connectivity index (χ3n) is 6.75. The molecule has 1 aliphatic carbocycles. The molecule has 0 N–H and O–H groups in total. The normalized spacial score (nSPS) is 23.7. The molecule has 2 rings (SSSR count). The van der Waals surface area contributed by atoms with Crippen molar-refractivity contribution in [2.24, 2.45) is 0 Å². The summed E-state index contributed by atoms with van der Waals surface area (Å²) < 4.78 is 0. The van der Waals surface area contributed by atoms with E-state index in [4.69, 9.17) is 0 Å². The van der Waals surface area contributed by atoms with Gasteiger partial charge in [0.1, 0.15) is 0 Å². The fourth-order valence-electron chi connectivity index (χ4n) is 4.49. The third-order valence-corrected chi connectivity index (χ3v) is 14.5. The number of rotatable bonds is 5. The second-order valence-corrected chi connectivity index (χ2v) is 19.4. The number of aryl methyl sites for hydroxylation is 1. The molecule has 0 saturated heterocycles. The van der Waals surface area contributed by atoms with Crippen molar-refractivity contribution in [3.63, 3.8) is 0 Å². The van der Waals surface area contributed by atoms with Crippen molar-refractivity contribution < 1.29 is 0 Å². The Bertz CT molecular complexity index is 733. The molecule has 0 bridgehead atoms. The van der Waals surface area contributed by atoms with Gasteiger partial charge in [0, 0.05) is 5.04 Å². The number of hydrogen-bond acceptors (Lipinski definition) is 0. The molecular formula is C23H37Si2. The van der Waals surface area contributed by atoms with E-state index in [9.17, 15) is 0 Å². The molecule has 1 radical (unpaired) electrons. The Morgan fingerprint density at radius 1 is 0.920 bits per heavy atom. The molecule has 0 spiro atoms. The van der Waals surface area contributed by atoms with Crippen LogP contribution in [0.5, 0.6) is 0 Å². The average Bonchev–Trinajstić information content (AvgIpc) is 2.70. The van der Waals surface area contributed by atoms with Gasteiger partial charge >= 0.3 is 0 Å². The molecule has 2 unspecified atom stereocenters. The zero-order valence-corrected chi connectivity index (χ0v) is 20.1. The largest absolute Gasteiger partial charge is 0.0984 e. The second-order valence-electron chi connectivity index (χ2n) is 9.54. The zero-order chi connectivity index (χ0) is 19.2. The molecule has 25 heavy (non-hydrogen) atoms. The first-order chi connectivity index (χ1) is 11.4. The number of allylic oxidation sites excluding steroid dienone is 4. The van der Waals surface area contributed by atoms with Gasteiger partial charge in [0.25, 0.3) is 0 Å². The Hall–Kier alpha value is -0.866. The topological polar surface area (TPSA) is 0 Å². The van der Waals surface area contributed by atoms with Crippen LogP contribution in [-0.4, -0.2) is 16.1 Å². The van der Waals surface area contributed by atoms with E-state index >= 15 is 0 Å². The summed E-state index contributed by atoms with van der Waals surface area (Å²) in [7, 11) is -3.09. The third kappa shape index (κ3) is 3.40. The van der Waals surface area contributed by atoms with Gasteiger partial charge in [-0.05, 0) is 44.9 Å². The molecule has 0 heterocycles. The van der Waals surface area contributed by atoms with Crippen LogP contribution in [0.1, 0.15) is 46.6 Å². The summed E-state index contributed by atoms with van der Waals surface area (Å²) in [4.78, 5) is 0. The lowest BCUT2D eigenvalue weighted by Crippen LogP contribution is -2.55. The molecule has 1 aromatic carbocycles. The van der Waals surface area contributed by atoms with Gasteiger partial charge in [0.05, 0.1) is 16.1 Å². The molecular weight excluding hydrogens is 332 g/mol. The van der Waals surface area contributed by atoms with E-state index in [1.807, 2.05) is 0 Å². The van der Waals surface area contributed by atoms with Crippen LogP contribution in [-0.2, 0) is 0 Å². The molecule has 0 amide bonds. The highest BCUT2D eigenvalue weighted by molar-refractivity contribution is 6.95. The van der Waals surface area contributed by atoms with E-state index in [-0.39, 0.29) is 5.04 Å². The summed E-state index contributed by atoms with van der Waals surface area (Å²) >= 11 is 0. The van der Waals surface area contributed by atoms with Crippen molar-refractivity contribution in [2.45, 2.75) is 85.2 Å². The summed E-state index contributed by atoms with van der Waals surface area (Å²) in [5, 5.41) is 3.36. The van der Waals surface area contributed by atoms with Crippen LogP contribution >= 0.6 is 0 Å². The van der Waals surface area contributed by atoms with Gasteiger partial charge in [0.15, 0.2) is 0 Å². The van der Waals surface area contributed by atoms with E-state index < -0.39 is 16.1 Å².